The molecule has 0 aliphatic carbocycles. The summed E-state index contributed by atoms with van der Waals surface area (Å²) >= 11 is 0. The lowest BCUT2D eigenvalue weighted by Crippen LogP contribution is -2.50. The van der Waals surface area contributed by atoms with Gasteiger partial charge in [0.15, 0.2) is 6.54 Å². The predicted molar refractivity (Wildman–Crippen MR) is 62.7 cm³/mol. The lowest BCUT2D eigenvalue weighted by atomic mass is 10.3. The minimum absolute atomic E-state index is 0.0719. The summed E-state index contributed by atoms with van der Waals surface area (Å²) in [5, 5.41) is 2.86. The zero-order valence-corrected chi connectivity index (χ0v) is 10.3. The highest BCUT2D eigenvalue weighted by Crippen LogP contribution is 2.01. The Hall–Kier alpha value is -1.29. The molecule has 4 nitrogen and oxygen atoms in total. The minimum Gasteiger partial charge on any atom is -0.467 e. The molecular weight excluding hydrogens is 204 g/mol. The number of nitrogens with one attached hydrogen (secondary N) is 1. The molecule has 0 aliphatic heterocycles. The van der Waals surface area contributed by atoms with E-state index in [-0.39, 0.29) is 5.91 Å². The molecule has 0 spiro atoms. The standard InChI is InChI=1S/C12H20N2O2/c1-4-14(3,5-2)10-12(15)13-9-11-7-6-8-16-11/h6-8H,4-5,9-10H2,1-3H3/p+1. The third kappa shape index (κ3) is 3.70. The molecule has 90 valence electrons. The van der Waals surface area contributed by atoms with E-state index in [4.69, 9.17) is 4.42 Å². The number of amides is 1. The van der Waals surface area contributed by atoms with Crippen molar-refractivity contribution in [1.29, 1.82) is 0 Å². The van der Waals surface area contributed by atoms with Crippen LogP contribution in [0.25, 0.3) is 0 Å². The summed E-state index contributed by atoms with van der Waals surface area (Å²) in [6.45, 7) is 7.12. The number of likely N-dealkylation sites (N-methyl/N-ethyl adjacent to an activating group) is 1. The Morgan fingerprint density at radius 1 is 1.44 bits per heavy atom. The van der Waals surface area contributed by atoms with Gasteiger partial charge in [0.25, 0.3) is 5.91 Å². The molecule has 0 saturated carbocycles. The van der Waals surface area contributed by atoms with Crippen molar-refractivity contribution in [3.8, 4) is 0 Å². The third-order valence-corrected chi connectivity index (χ3v) is 3.09. The van der Waals surface area contributed by atoms with Gasteiger partial charge in [0.05, 0.1) is 32.9 Å². The lowest BCUT2D eigenvalue weighted by molar-refractivity contribution is -0.898. The molecule has 1 amide bonds. The Bertz CT molecular complexity index is 316. The highest BCUT2D eigenvalue weighted by Gasteiger charge is 2.20. The molecule has 0 aromatic carbocycles. The second kappa shape index (κ2) is 5.70. The fourth-order valence-corrected chi connectivity index (χ4v) is 1.45. The smallest absolute Gasteiger partial charge is 0.275 e. The van der Waals surface area contributed by atoms with Crippen LogP contribution in [0.1, 0.15) is 19.6 Å². The number of rotatable bonds is 6. The molecule has 1 rings (SSSR count). The van der Waals surface area contributed by atoms with Gasteiger partial charge in [-0.15, -0.1) is 0 Å². The fraction of sp³-hybridized carbons (Fsp3) is 0.583. The van der Waals surface area contributed by atoms with E-state index >= 15 is 0 Å². The van der Waals surface area contributed by atoms with Crippen molar-refractivity contribution in [2.45, 2.75) is 20.4 Å². The van der Waals surface area contributed by atoms with Crippen LogP contribution in [-0.2, 0) is 11.3 Å². The predicted octanol–water partition coefficient (Wildman–Crippen LogP) is 1.38. The summed E-state index contributed by atoms with van der Waals surface area (Å²) in [5.41, 5.74) is 0. The summed E-state index contributed by atoms with van der Waals surface area (Å²) in [5.74, 6) is 0.859. The molecule has 0 unspecified atom stereocenters. The molecule has 0 radical (unpaired) electrons. The van der Waals surface area contributed by atoms with Gasteiger partial charge >= 0.3 is 0 Å². The van der Waals surface area contributed by atoms with Crippen molar-refractivity contribution < 1.29 is 13.7 Å². The summed E-state index contributed by atoms with van der Waals surface area (Å²) in [4.78, 5) is 11.7. The number of nitrogens with zero attached hydrogens (tertiary/aromatic N) is 1. The van der Waals surface area contributed by atoms with E-state index in [1.54, 1.807) is 6.26 Å². The van der Waals surface area contributed by atoms with E-state index < -0.39 is 0 Å². The summed E-state index contributed by atoms with van der Waals surface area (Å²) in [6, 6.07) is 3.67. The Morgan fingerprint density at radius 2 is 2.12 bits per heavy atom. The quantitative estimate of drug-likeness (QED) is 0.743. The second-order valence-corrected chi connectivity index (χ2v) is 4.27. The Kier molecular flexibility index (Phi) is 4.55. The van der Waals surface area contributed by atoms with Crippen LogP contribution in [0.4, 0.5) is 0 Å². The molecule has 4 heteroatoms. The number of carbonyl (C=O) groups excluding carboxylic acids is 1. The van der Waals surface area contributed by atoms with Crippen LogP contribution >= 0.6 is 0 Å². The molecule has 0 saturated heterocycles. The average molecular weight is 225 g/mol. The zero-order valence-electron chi connectivity index (χ0n) is 10.3. The van der Waals surface area contributed by atoms with Gasteiger partial charge in [0.2, 0.25) is 0 Å². The molecule has 1 N–H and O–H groups in total. The van der Waals surface area contributed by atoms with E-state index in [9.17, 15) is 4.79 Å². The molecule has 1 aromatic rings. The average Bonchev–Trinajstić information content (AvgIpc) is 2.79. The highest BCUT2D eigenvalue weighted by molar-refractivity contribution is 5.76. The van der Waals surface area contributed by atoms with Crippen LogP contribution in [0.2, 0.25) is 0 Å². The van der Waals surface area contributed by atoms with Crippen LogP contribution in [-0.4, -0.2) is 37.1 Å². The van der Waals surface area contributed by atoms with Crippen molar-refractivity contribution in [2.75, 3.05) is 26.7 Å². The maximum atomic E-state index is 11.7. The topological polar surface area (TPSA) is 42.2 Å². The first-order valence-corrected chi connectivity index (χ1v) is 5.72. The molecular formula is C12H21N2O2+. The van der Waals surface area contributed by atoms with E-state index in [0.29, 0.717) is 13.1 Å². The van der Waals surface area contributed by atoms with Crippen molar-refractivity contribution >= 4 is 5.91 Å². The Labute approximate surface area is 96.8 Å². The molecule has 0 atom stereocenters. The van der Waals surface area contributed by atoms with Gasteiger partial charge in [-0.05, 0) is 26.0 Å². The zero-order chi connectivity index (χ0) is 12.0. The fourth-order valence-electron chi connectivity index (χ4n) is 1.45. The van der Waals surface area contributed by atoms with Gasteiger partial charge in [-0.2, -0.15) is 0 Å². The molecule has 0 bridgehead atoms. The van der Waals surface area contributed by atoms with E-state index in [2.05, 4.69) is 26.2 Å². The molecule has 0 aliphatic rings. The van der Waals surface area contributed by atoms with Gasteiger partial charge in [-0.3, -0.25) is 4.79 Å². The molecule has 16 heavy (non-hydrogen) atoms. The van der Waals surface area contributed by atoms with Gasteiger partial charge < -0.3 is 14.2 Å². The summed E-state index contributed by atoms with van der Waals surface area (Å²) in [7, 11) is 2.09. The number of furan rings is 1. The number of carbonyl (C=O) groups is 1. The maximum Gasteiger partial charge on any atom is 0.275 e. The van der Waals surface area contributed by atoms with Crippen LogP contribution in [0.3, 0.4) is 0 Å². The van der Waals surface area contributed by atoms with E-state index in [1.165, 1.54) is 0 Å². The van der Waals surface area contributed by atoms with Gasteiger partial charge in [0, 0.05) is 0 Å². The van der Waals surface area contributed by atoms with Crippen LogP contribution < -0.4 is 5.32 Å². The SMILES string of the molecule is CC[N+](C)(CC)CC(=O)NCc1ccco1. The first-order valence-electron chi connectivity index (χ1n) is 5.72. The normalized spacial score (nSPS) is 11.4. The number of hydrogen-bond donors (Lipinski definition) is 1. The van der Waals surface area contributed by atoms with Crippen molar-refractivity contribution in [3.05, 3.63) is 24.2 Å². The minimum atomic E-state index is 0.0719. The van der Waals surface area contributed by atoms with E-state index in [1.807, 2.05) is 12.1 Å². The number of quaternary nitrogens is 1. The lowest BCUT2D eigenvalue weighted by Gasteiger charge is -2.31. The first kappa shape index (κ1) is 12.8. The monoisotopic (exact) mass is 225 g/mol. The summed E-state index contributed by atoms with van der Waals surface area (Å²) < 4.78 is 5.91. The van der Waals surface area contributed by atoms with Crippen molar-refractivity contribution in [2.24, 2.45) is 0 Å². The van der Waals surface area contributed by atoms with Crippen molar-refractivity contribution in [1.82, 2.24) is 5.32 Å². The molecule has 1 aromatic heterocycles. The third-order valence-electron chi connectivity index (χ3n) is 3.09. The Balaban J connectivity index is 2.36. The Morgan fingerprint density at radius 3 is 2.62 bits per heavy atom. The molecule has 0 fully saturated rings. The first-order chi connectivity index (χ1) is 7.59. The maximum absolute atomic E-state index is 11.7. The van der Waals surface area contributed by atoms with Gasteiger partial charge in [-0.1, -0.05) is 0 Å². The second-order valence-electron chi connectivity index (χ2n) is 4.27. The van der Waals surface area contributed by atoms with Gasteiger partial charge in [-0.25, -0.2) is 0 Å². The van der Waals surface area contributed by atoms with Crippen molar-refractivity contribution in [3.63, 3.8) is 0 Å². The highest BCUT2D eigenvalue weighted by atomic mass is 16.3. The number of hydrogen-bond acceptors (Lipinski definition) is 2. The largest absolute Gasteiger partial charge is 0.467 e. The van der Waals surface area contributed by atoms with Crippen LogP contribution in [0.15, 0.2) is 22.8 Å². The summed E-state index contributed by atoms with van der Waals surface area (Å²) in [6.07, 6.45) is 1.61. The molecule has 1 heterocycles. The van der Waals surface area contributed by atoms with E-state index in [0.717, 1.165) is 23.3 Å². The van der Waals surface area contributed by atoms with Gasteiger partial charge in [0.1, 0.15) is 5.76 Å². The van der Waals surface area contributed by atoms with Crippen LogP contribution in [0.5, 0.6) is 0 Å². The van der Waals surface area contributed by atoms with Crippen LogP contribution in [0, 0.1) is 0 Å².